The van der Waals surface area contributed by atoms with E-state index in [1.807, 2.05) is 23.2 Å². The lowest BCUT2D eigenvalue weighted by molar-refractivity contribution is -0.148. The molecule has 6 nitrogen and oxygen atoms in total. The summed E-state index contributed by atoms with van der Waals surface area (Å²) in [5.74, 6) is 0.445. The number of para-hydroxylation sites is 1. The molecule has 1 aromatic carbocycles. The standard InChI is InChI=1S/C23H26FN5O/c1-16-19(24)14-26-22(27-16)28-11-8-23(9-12-28)7-4-10-29(21(23)30)15-17-13-25-20-6-3-2-5-18(17)20/h2-3,5-6,13-14,25H,4,7-12,15H2,1H3. The molecule has 0 radical (unpaired) electrons. The van der Waals surface area contributed by atoms with E-state index in [-0.39, 0.29) is 17.1 Å². The molecule has 3 aromatic rings. The summed E-state index contributed by atoms with van der Waals surface area (Å²) in [5.41, 5.74) is 2.34. The van der Waals surface area contributed by atoms with Gasteiger partial charge in [-0.1, -0.05) is 18.2 Å². The molecular formula is C23H26FN5O. The minimum Gasteiger partial charge on any atom is -0.361 e. The number of fused-ring (bicyclic) bond motifs is 1. The molecule has 0 aliphatic carbocycles. The molecule has 1 N–H and O–H groups in total. The molecule has 4 heterocycles. The van der Waals surface area contributed by atoms with Gasteiger partial charge in [0.2, 0.25) is 11.9 Å². The smallest absolute Gasteiger partial charge is 0.229 e. The molecule has 30 heavy (non-hydrogen) atoms. The van der Waals surface area contributed by atoms with Crippen molar-refractivity contribution in [3.63, 3.8) is 0 Å². The highest BCUT2D eigenvalue weighted by Crippen LogP contribution is 2.42. The quantitative estimate of drug-likeness (QED) is 0.717. The number of benzene rings is 1. The maximum atomic E-state index is 13.5. The fourth-order valence-electron chi connectivity index (χ4n) is 4.96. The van der Waals surface area contributed by atoms with Gasteiger partial charge >= 0.3 is 0 Å². The van der Waals surface area contributed by atoms with Crippen molar-refractivity contribution in [3.8, 4) is 0 Å². The maximum absolute atomic E-state index is 13.5. The monoisotopic (exact) mass is 407 g/mol. The molecule has 2 aromatic heterocycles. The number of carbonyl (C=O) groups is 1. The number of piperidine rings is 2. The van der Waals surface area contributed by atoms with Crippen LogP contribution in [0.3, 0.4) is 0 Å². The van der Waals surface area contributed by atoms with E-state index >= 15 is 0 Å². The summed E-state index contributed by atoms with van der Waals surface area (Å²) in [6, 6.07) is 8.22. The third-order valence-electron chi connectivity index (χ3n) is 6.77. The molecule has 0 atom stereocenters. The summed E-state index contributed by atoms with van der Waals surface area (Å²) in [6.07, 6.45) is 6.80. The summed E-state index contributed by atoms with van der Waals surface area (Å²) < 4.78 is 13.5. The number of aromatic nitrogens is 3. The largest absolute Gasteiger partial charge is 0.361 e. The zero-order valence-electron chi connectivity index (χ0n) is 17.2. The lowest BCUT2D eigenvalue weighted by Gasteiger charge is -2.46. The van der Waals surface area contributed by atoms with Crippen molar-refractivity contribution in [3.05, 3.63) is 53.7 Å². The van der Waals surface area contributed by atoms with Gasteiger partial charge in [-0.25, -0.2) is 14.4 Å². The SMILES string of the molecule is Cc1nc(N2CCC3(CCCN(Cc4c[nH]c5ccccc45)C3=O)CC2)ncc1F. The van der Waals surface area contributed by atoms with Gasteiger partial charge in [-0.2, -0.15) is 0 Å². The second kappa shape index (κ2) is 7.38. The normalized spacial score (nSPS) is 19.1. The van der Waals surface area contributed by atoms with Crippen LogP contribution < -0.4 is 4.90 Å². The molecule has 5 rings (SSSR count). The third-order valence-corrected chi connectivity index (χ3v) is 6.77. The number of rotatable bonds is 3. The number of nitrogens with zero attached hydrogens (tertiary/aromatic N) is 4. The number of H-pyrrole nitrogens is 1. The first-order chi connectivity index (χ1) is 14.6. The van der Waals surface area contributed by atoms with Crippen molar-refractivity contribution < 1.29 is 9.18 Å². The molecule has 0 saturated carbocycles. The van der Waals surface area contributed by atoms with Crippen LogP contribution in [-0.4, -0.2) is 45.4 Å². The molecule has 0 bridgehead atoms. The van der Waals surface area contributed by atoms with E-state index in [0.29, 0.717) is 18.2 Å². The van der Waals surface area contributed by atoms with E-state index in [9.17, 15) is 9.18 Å². The first-order valence-electron chi connectivity index (χ1n) is 10.6. The van der Waals surface area contributed by atoms with E-state index < -0.39 is 0 Å². The Morgan fingerprint density at radius 1 is 1.17 bits per heavy atom. The molecule has 2 saturated heterocycles. The van der Waals surface area contributed by atoms with Crippen molar-refractivity contribution in [1.82, 2.24) is 19.9 Å². The van der Waals surface area contributed by atoms with E-state index in [2.05, 4.69) is 32.0 Å². The number of nitrogens with one attached hydrogen (secondary N) is 1. The van der Waals surface area contributed by atoms with Gasteiger partial charge in [-0.05, 0) is 44.2 Å². The number of anilines is 1. The summed E-state index contributed by atoms with van der Waals surface area (Å²) in [5, 5.41) is 1.18. The van der Waals surface area contributed by atoms with Crippen LogP contribution in [-0.2, 0) is 11.3 Å². The fraction of sp³-hybridized carbons (Fsp3) is 0.435. The number of likely N-dealkylation sites (tertiary alicyclic amines) is 1. The Bertz CT molecular complexity index is 1090. The Balaban J connectivity index is 1.30. The maximum Gasteiger partial charge on any atom is 0.229 e. The van der Waals surface area contributed by atoms with Crippen molar-refractivity contribution in [2.24, 2.45) is 5.41 Å². The van der Waals surface area contributed by atoms with Crippen LogP contribution in [0.15, 0.2) is 36.7 Å². The highest BCUT2D eigenvalue weighted by atomic mass is 19.1. The summed E-state index contributed by atoms with van der Waals surface area (Å²) >= 11 is 0. The first kappa shape index (κ1) is 19.0. The molecule has 2 aliphatic rings. The average molecular weight is 407 g/mol. The molecule has 2 fully saturated rings. The topological polar surface area (TPSA) is 65.1 Å². The minimum absolute atomic E-state index is 0.273. The van der Waals surface area contributed by atoms with Gasteiger partial charge < -0.3 is 14.8 Å². The fourth-order valence-corrected chi connectivity index (χ4v) is 4.96. The lowest BCUT2D eigenvalue weighted by atomic mass is 9.71. The first-order valence-corrected chi connectivity index (χ1v) is 10.6. The molecule has 1 amide bonds. The van der Waals surface area contributed by atoms with Crippen LogP contribution in [0, 0.1) is 18.2 Å². The van der Waals surface area contributed by atoms with E-state index in [4.69, 9.17) is 0 Å². The molecule has 0 unspecified atom stereocenters. The number of hydrogen-bond donors (Lipinski definition) is 1. The molecule has 2 aliphatic heterocycles. The van der Waals surface area contributed by atoms with E-state index in [0.717, 1.165) is 50.8 Å². The van der Waals surface area contributed by atoms with Crippen LogP contribution in [0.4, 0.5) is 10.3 Å². The minimum atomic E-state index is -0.386. The zero-order chi connectivity index (χ0) is 20.7. The van der Waals surface area contributed by atoms with Gasteiger partial charge in [0.1, 0.15) is 0 Å². The summed E-state index contributed by atoms with van der Waals surface area (Å²) in [4.78, 5) is 29.4. The van der Waals surface area contributed by atoms with Crippen molar-refractivity contribution in [1.29, 1.82) is 0 Å². The highest BCUT2D eigenvalue weighted by Gasteiger charge is 2.46. The molecule has 156 valence electrons. The van der Waals surface area contributed by atoms with Gasteiger partial charge in [0.05, 0.1) is 17.3 Å². The Morgan fingerprint density at radius 3 is 2.77 bits per heavy atom. The Hall–Kier alpha value is -2.96. The summed E-state index contributed by atoms with van der Waals surface area (Å²) in [7, 11) is 0. The van der Waals surface area contributed by atoms with Crippen LogP contribution in [0.25, 0.3) is 10.9 Å². The third kappa shape index (κ3) is 3.22. The summed E-state index contributed by atoms with van der Waals surface area (Å²) in [6.45, 7) is 4.55. The number of aryl methyl sites for hydroxylation is 1. The number of amides is 1. The predicted molar refractivity (Wildman–Crippen MR) is 114 cm³/mol. The van der Waals surface area contributed by atoms with Crippen LogP contribution in [0.5, 0.6) is 0 Å². The zero-order valence-corrected chi connectivity index (χ0v) is 17.2. The average Bonchev–Trinajstić information content (AvgIpc) is 3.17. The number of hydrogen-bond acceptors (Lipinski definition) is 4. The highest BCUT2D eigenvalue weighted by molar-refractivity contribution is 5.86. The van der Waals surface area contributed by atoms with Gasteiger partial charge in [0.25, 0.3) is 0 Å². The van der Waals surface area contributed by atoms with Gasteiger partial charge in [0.15, 0.2) is 5.82 Å². The molecule has 1 spiro atoms. The van der Waals surface area contributed by atoms with Crippen molar-refractivity contribution in [2.75, 3.05) is 24.5 Å². The van der Waals surface area contributed by atoms with E-state index in [1.165, 1.54) is 17.1 Å². The van der Waals surface area contributed by atoms with Crippen molar-refractivity contribution >= 4 is 22.8 Å². The Kier molecular flexibility index (Phi) is 4.68. The second-order valence-corrected chi connectivity index (χ2v) is 8.56. The number of carbonyl (C=O) groups excluding carboxylic acids is 1. The van der Waals surface area contributed by atoms with Gasteiger partial charge in [0, 0.05) is 43.3 Å². The van der Waals surface area contributed by atoms with Crippen molar-refractivity contribution in [2.45, 2.75) is 39.2 Å². The Morgan fingerprint density at radius 2 is 1.97 bits per heavy atom. The van der Waals surface area contributed by atoms with Gasteiger partial charge in [-0.3, -0.25) is 4.79 Å². The van der Waals surface area contributed by atoms with Gasteiger partial charge in [-0.15, -0.1) is 0 Å². The van der Waals surface area contributed by atoms with Crippen LogP contribution in [0.2, 0.25) is 0 Å². The van der Waals surface area contributed by atoms with E-state index in [1.54, 1.807) is 6.92 Å². The number of aromatic amines is 1. The second-order valence-electron chi connectivity index (χ2n) is 8.56. The van der Waals surface area contributed by atoms with Crippen LogP contribution in [0.1, 0.15) is 36.9 Å². The molecular weight excluding hydrogens is 381 g/mol. The predicted octanol–water partition coefficient (Wildman–Crippen LogP) is 3.81. The number of halogens is 1. The molecule has 7 heteroatoms. The Labute approximate surface area is 175 Å². The van der Waals surface area contributed by atoms with Crippen LogP contribution >= 0.6 is 0 Å². The lowest BCUT2D eigenvalue weighted by Crippen LogP contribution is -2.53.